The molecule has 2 aromatic heterocycles. The molecule has 0 saturated heterocycles. The molecule has 1 aromatic carbocycles. The Kier molecular flexibility index (Phi) is 8.06. The average molecular weight is 515 g/mol. The number of aliphatic carboxylic acids is 1. The van der Waals surface area contributed by atoms with E-state index in [9.17, 15) is 14.7 Å². The molecule has 35 heavy (non-hydrogen) atoms. The first-order chi connectivity index (χ1) is 16.7. The van der Waals surface area contributed by atoms with Gasteiger partial charge in [-0.1, -0.05) is 48.2 Å². The van der Waals surface area contributed by atoms with E-state index in [2.05, 4.69) is 46.6 Å². The van der Waals surface area contributed by atoms with Gasteiger partial charge in [0.05, 0.1) is 10.4 Å². The molecule has 0 unspecified atom stereocenters. The molecule has 9 heteroatoms. The molecule has 3 aromatic rings. The molecule has 0 aliphatic heterocycles. The zero-order chi connectivity index (χ0) is 25.0. The zero-order valence-electron chi connectivity index (χ0n) is 20.5. The van der Waals surface area contributed by atoms with Crippen LogP contribution >= 0.6 is 23.1 Å². The van der Waals surface area contributed by atoms with Crippen molar-refractivity contribution in [2.24, 2.45) is 5.92 Å². The number of carbonyl (C=O) groups is 2. The minimum Gasteiger partial charge on any atom is -0.480 e. The summed E-state index contributed by atoms with van der Waals surface area (Å²) < 4.78 is -0.189. The van der Waals surface area contributed by atoms with E-state index in [0.717, 1.165) is 48.3 Å². The van der Waals surface area contributed by atoms with Crippen LogP contribution in [0.25, 0.3) is 10.9 Å². The SMILES string of the molecule is CC1CCC(N(CCCc2c[nH]c3ccccc23)C(=O)Nc2ncc(SC(C)(C)C(=O)O)s2)CC1. The van der Waals surface area contributed by atoms with Crippen LogP contribution in [0.2, 0.25) is 0 Å². The normalized spacial score (nSPS) is 18.5. The number of rotatable bonds is 9. The van der Waals surface area contributed by atoms with Crippen molar-refractivity contribution in [3.63, 3.8) is 0 Å². The van der Waals surface area contributed by atoms with Gasteiger partial charge in [-0.15, -0.1) is 0 Å². The number of fused-ring (bicyclic) bond motifs is 1. The van der Waals surface area contributed by atoms with Crippen LogP contribution < -0.4 is 5.32 Å². The number of carbonyl (C=O) groups excluding carboxylic acids is 1. The maximum Gasteiger partial charge on any atom is 0.323 e. The molecule has 2 heterocycles. The second kappa shape index (κ2) is 11.0. The van der Waals surface area contributed by atoms with E-state index in [0.29, 0.717) is 17.6 Å². The molecule has 1 saturated carbocycles. The molecule has 0 radical (unpaired) electrons. The highest BCUT2D eigenvalue weighted by Crippen LogP contribution is 2.37. The molecule has 1 aliphatic carbocycles. The van der Waals surface area contributed by atoms with Gasteiger partial charge in [0.2, 0.25) is 0 Å². The van der Waals surface area contributed by atoms with Gasteiger partial charge in [-0.05, 0) is 69.9 Å². The van der Waals surface area contributed by atoms with E-state index < -0.39 is 10.7 Å². The predicted molar refractivity (Wildman–Crippen MR) is 143 cm³/mol. The lowest BCUT2D eigenvalue weighted by Gasteiger charge is -2.36. The first kappa shape index (κ1) is 25.6. The van der Waals surface area contributed by atoms with Gasteiger partial charge < -0.3 is 15.0 Å². The predicted octanol–water partition coefficient (Wildman–Crippen LogP) is 6.63. The number of urea groups is 1. The van der Waals surface area contributed by atoms with Crippen LogP contribution in [-0.4, -0.2) is 49.3 Å². The largest absolute Gasteiger partial charge is 0.480 e. The van der Waals surface area contributed by atoms with E-state index in [-0.39, 0.29) is 12.1 Å². The minimum atomic E-state index is -0.957. The van der Waals surface area contributed by atoms with Crippen molar-refractivity contribution in [1.29, 1.82) is 0 Å². The first-order valence-corrected chi connectivity index (χ1v) is 13.9. The van der Waals surface area contributed by atoms with Crippen LogP contribution in [0.4, 0.5) is 9.93 Å². The molecule has 0 bridgehead atoms. The molecule has 4 rings (SSSR count). The lowest BCUT2D eigenvalue weighted by Crippen LogP contribution is -2.45. The summed E-state index contributed by atoms with van der Waals surface area (Å²) in [6, 6.07) is 8.42. The van der Waals surface area contributed by atoms with Crippen molar-refractivity contribution in [2.75, 3.05) is 11.9 Å². The first-order valence-electron chi connectivity index (χ1n) is 12.2. The van der Waals surface area contributed by atoms with Crippen LogP contribution in [-0.2, 0) is 11.2 Å². The molecule has 0 spiro atoms. The maximum absolute atomic E-state index is 13.4. The third-order valence-electron chi connectivity index (χ3n) is 6.78. The van der Waals surface area contributed by atoms with Crippen molar-refractivity contribution in [2.45, 2.75) is 74.3 Å². The Bertz CT molecular complexity index is 1160. The number of aromatic amines is 1. The van der Waals surface area contributed by atoms with Crippen molar-refractivity contribution in [3.8, 4) is 0 Å². The molecular weight excluding hydrogens is 480 g/mol. The standard InChI is InChI=1S/C26H34N4O3S2/c1-17-10-12-19(13-11-17)30(14-6-7-18-15-27-21-9-5-4-8-20(18)21)25(33)29-24-28-16-22(34-24)35-26(2,3)23(31)32/h4-5,8-9,15-17,19,27H,6-7,10-14H2,1-3H3,(H,31,32)(H,28,29,33). The smallest absolute Gasteiger partial charge is 0.323 e. The Hall–Kier alpha value is -2.52. The summed E-state index contributed by atoms with van der Waals surface area (Å²) in [5, 5.41) is 14.1. The molecule has 188 valence electrons. The van der Waals surface area contributed by atoms with E-state index >= 15 is 0 Å². The van der Waals surface area contributed by atoms with Gasteiger partial charge >= 0.3 is 12.0 Å². The fraction of sp³-hybridized carbons (Fsp3) is 0.500. The minimum absolute atomic E-state index is 0.119. The van der Waals surface area contributed by atoms with Crippen molar-refractivity contribution < 1.29 is 14.7 Å². The zero-order valence-corrected chi connectivity index (χ0v) is 22.2. The second-order valence-corrected chi connectivity index (χ2v) is 12.9. The molecule has 0 atom stereocenters. The number of hydrogen-bond acceptors (Lipinski definition) is 5. The Morgan fingerprint density at radius 2 is 2.00 bits per heavy atom. The molecule has 3 N–H and O–H groups in total. The fourth-order valence-corrected chi connectivity index (χ4v) is 6.87. The third kappa shape index (κ3) is 6.38. The van der Waals surface area contributed by atoms with Crippen LogP contribution in [0.5, 0.6) is 0 Å². The Labute approximate surface area is 214 Å². The van der Waals surface area contributed by atoms with Gasteiger partial charge in [0.25, 0.3) is 0 Å². The summed E-state index contributed by atoms with van der Waals surface area (Å²) in [4.78, 5) is 34.5. The van der Waals surface area contributed by atoms with Crippen molar-refractivity contribution >= 4 is 51.1 Å². The number of nitrogens with zero attached hydrogens (tertiary/aromatic N) is 2. The van der Waals surface area contributed by atoms with Gasteiger partial charge in [0, 0.05) is 29.7 Å². The number of thiazole rings is 1. The maximum atomic E-state index is 13.4. The van der Waals surface area contributed by atoms with Gasteiger partial charge in [-0.2, -0.15) is 0 Å². The van der Waals surface area contributed by atoms with E-state index in [1.54, 1.807) is 20.0 Å². The van der Waals surface area contributed by atoms with Gasteiger partial charge in [-0.3, -0.25) is 10.1 Å². The summed E-state index contributed by atoms with van der Waals surface area (Å²) in [6.07, 6.45) is 9.82. The van der Waals surface area contributed by atoms with E-state index in [1.165, 1.54) is 34.0 Å². The molecule has 1 aliphatic rings. The summed E-state index contributed by atoms with van der Waals surface area (Å²) in [7, 11) is 0. The summed E-state index contributed by atoms with van der Waals surface area (Å²) in [5.41, 5.74) is 2.42. The molecule has 1 fully saturated rings. The monoisotopic (exact) mass is 514 g/mol. The number of thioether (sulfide) groups is 1. The molecular formula is C26H34N4O3S2. The van der Waals surface area contributed by atoms with Crippen LogP contribution in [0.3, 0.4) is 0 Å². The van der Waals surface area contributed by atoms with Crippen molar-refractivity contribution in [1.82, 2.24) is 14.9 Å². The Balaban J connectivity index is 1.41. The number of hydrogen-bond donors (Lipinski definition) is 3. The van der Waals surface area contributed by atoms with E-state index in [1.807, 2.05) is 11.0 Å². The number of nitrogens with one attached hydrogen (secondary N) is 2. The number of para-hydroxylation sites is 1. The number of anilines is 1. The lowest BCUT2D eigenvalue weighted by molar-refractivity contribution is -0.138. The number of amides is 2. The number of benzene rings is 1. The number of H-pyrrole nitrogens is 1. The topological polar surface area (TPSA) is 98.3 Å². The highest BCUT2D eigenvalue weighted by Gasteiger charge is 2.30. The molecule has 2 amide bonds. The quantitative estimate of drug-likeness (QED) is 0.279. The third-order valence-corrected chi connectivity index (χ3v) is 8.98. The number of carboxylic acids is 1. The van der Waals surface area contributed by atoms with Crippen LogP contribution in [0.15, 0.2) is 40.9 Å². The summed E-state index contributed by atoms with van der Waals surface area (Å²) in [6.45, 7) is 6.30. The van der Waals surface area contributed by atoms with Gasteiger partial charge in [0.15, 0.2) is 5.13 Å². The number of aryl methyl sites for hydroxylation is 1. The van der Waals surface area contributed by atoms with Crippen LogP contribution in [0.1, 0.15) is 58.4 Å². The summed E-state index contributed by atoms with van der Waals surface area (Å²) in [5.74, 6) is -0.173. The lowest BCUT2D eigenvalue weighted by atomic mass is 9.86. The van der Waals surface area contributed by atoms with Crippen LogP contribution in [0, 0.1) is 5.92 Å². The van der Waals surface area contributed by atoms with E-state index in [4.69, 9.17) is 0 Å². The second-order valence-electron chi connectivity index (χ2n) is 9.90. The number of carboxylic acid groups (broad SMARTS) is 1. The summed E-state index contributed by atoms with van der Waals surface area (Å²) >= 11 is 2.56. The fourth-order valence-electron chi connectivity index (χ4n) is 4.61. The highest BCUT2D eigenvalue weighted by molar-refractivity contribution is 8.03. The van der Waals surface area contributed by atoms with Crippen molar-refractivity contribution in [3.05, 3.63) is 42.2 Å². The highest BCUT2D eigenvalue weighted by atomic mass is 32.2. The van der Waals surface area contributed by atoms with Gasteiger partial charge in [-0.25, -0.2) is 9.78 Å². The Morgan fingerprint density at radius 1 is 1.26 bits per heavy atom. The molecule has 7 nitrogen and oxygen atoms in total. The van der Waals surface area contributed by atoms with Gasteiger partial charge in [0.1, 0.15) is 4.75 Å². The Morgan fingerprint density at radius 3 is 2.74 bits per heavy atom. The number of aromatic nitrogens is 2. The average Bonchev–Trinajstić information content (AvgIpc) is 3.43.